The van der Waals surface area contributed by atoms with E-state index < -0.39 is 41.6 Å². The standard InChI is InChI=1S/C51H58N10O6S2/c1-27-30(4)69-49-41(27)42(55-45(56-50(66)59(9)10)46-58-57-31(5)61(46)49)35-15-13-33(14-16-35)34-19-21-38(22-20-34)67-25-40(63)54-44(51(6,7)8)48(65)60-24-37(62)23-39(60)47(64)53-28(2)32-11-17-36(18-12-32)43-29(3)52-26-68-43/h11-22,26,28,37,39,44-45,62H,23-25H2,1-10H3,(H,53,64)(H,54,63)(H,56,66)/t28?,37-,39+,44?,45?/m1/s1. The van der Waals surface area contributed by atoms with Crippen molar-refractivity contribution in [1.82, 2.24) is 45.5 Å². The van der Waals surface area contributed by atoms with Gasteiger partial charge in [0.1, 0.15) is 28.7 Å². The number of thiophene rings is 1. The van der Waals surface area contributed by atoms with E-state index in [1.165, 1.54) is 9.80 Å². The van der Waals surface area contributed by atoms with Crippen LogP contribution < -0.4 is 20.7 Å². The van der Waals surface area contributed by atoms with Crippen molar-refractivity contribution in [1.29, 1.82) is 0 Å². The van der Waals surface area contributed by atoms with Gasteiger partial charge in [-0.1, -0.05) is 81.4 Å². The first-order valence-corrected chi connectivity index (χ1v) is 24.5. The number of ether oxygens (including phenoxy) is 1. The van der Waals surface area contributed by atoms with Crippen LogP contribution in [0.1, 0.15) is 90.8 Å². The molecule has 3 aromatic heterocycles. The molecule has 1 fully saturated rings. The number of nitrogens with one attached hydrogen (secondary N) is 3. The number of nitrogens with zero attached hydrogens (tertiary/aromatic N) is 7. The molecule has 16 nitrogen and oxygen atoms in total. The molecule has 69 heavy (non-hydrogen) atoms. The van der Waals surface area contributed by atoms with Crippen LogP contribution in [0.3, 0.4) is 0 Å². The summed E-state index contributed by atoms with van der Waals surface area (Å²) in [6.45, 7) is 15.0. The number of hydrogen-bond acceptors (Lipinski definition) is 12. The Balaban J connectivity index is 0.908. The van der Waals surface area contributed by atoms with Crippen molar-refractivity contribution in [3.63, 3.8) is 0 Å². The predicted octanol–water partition coefficient (Wildman–Crippen LogP) is 7.22. The van der Waals surface area contributed by atoms with Crippen molar-refractivity contribution in [3.05, 3.63) is 123 Å². The van der Waals surface area contributed by atoms with Gasteiger partial charge in [0.05, 0.1) is 33.9 Å². The van der Waals surface area contributed by atoms with E-state index in [1.54, 1.807) is 48.9 Å². The SMILES string of the molecule is Cc1ncsc1-c1ccc(C(C)NC(=O)[C@@H]2C[C@@H](O)CN2C(=O)C(NC(=O)COc2ccc(-c3ccc(C4=NC(NC(=O)N(C)C)c5nnc(C)n5-c5sc(C)c(C)c54)cc3)cc2)C(C)(C)C)cc1. The molecule has 4 N–H and O–H groups in total. The van der Waals surface area contributed by atoms with E-state index in [-0.39, 0.29) is 37.6 Å². The van der Waals surface area contributed by atoms with Gasteiger partial charge in [0.15, 0.2) is 18.6 Å². The quantitative estimate of drug-likeness (QED) is 0.0979. The van der Waals surface area contributed by atoms with Gasteiger partial charge < -0.3 is 35.6 Å². The number of aryl methyl sites for hydroxylation is 3. The molecular formula is C51H58N10O6S2. The van der Waals surface area contributed by atoms with Gasteiger partial charge in [-0.3, -0.25) is 23.9 Å². The molecule has 1 saturated heterocycles. The number of carbonyl (C=O) groups is 4. The first kappa shape index (κ1) is 48.7. The Morgan fingerprint density at radius 1 is 0.884 bits per heavy atom. The van der Waals surface area contributed by atoms with Gasteiger partial charge >= 0.3 is 6.03 Å². The van der Waals surface area contributed by atoms with E-state index in [0.29, 0.717) is 17.4 Å². The molecular weight excluding hydrogens is 913 g/mol. The number of benzene rings is 3. The lowest BCUT2D eigenvalue weighted by molar-refractivity contribution is -0.144. The molecule has 0 bridgehead atoms. The summed E-state index contributed by atoms with van der Waals surface area (Å²) < 4.78 is 7.89. The van der Waals surface area contributed by atoms with Gasteiger partial charge in [-0.05, 0) is 80.0 Å². The minimum absolute atomic E-state index is 0.0344. The summed E-state index contributed by atoms with van der Waals surface area (Å²) >= 11 is 3.21. The van der Waals surface area contributed by atoms with Crippen LogP contribution >= 0.6 is 22.7 Å². The van der Waals surface area contributed by atoms with E-state index in [1.807, 2.05) is 112 Å². The maximum Gasteiger partial charge on any atom is 0.318 e. The normalized spacial score (nSPS) is 17.5. The third-order valence-corrected chi connectivity index (χ3v) is 14.8. The van der Waals surface area contributed by atoms with Crippen LogP contribution in [0.4, 0.5) is 4.79 Å². The lowest BCUT2D eigenvalue weighted by Crippen LogP contribution is -2.58. The highest BCUT2D eigenvalue weighted by Crippen LogP contribution is 2.39. The van der Waals surface area contributed by atoms with Crippen molar-refractivity contribution < 1.29 is 29.0 Å². The van der Waals surface area contributed by atoms with Crippen LogP contribution in [0.25, 0.3) is 26.6 Å². The minimum atomic E-state index is -1.01. The van der Waals surface area contributed by atoms with Gasteiger partial charge in [0.2, 0.25) is 11.8 Å². The summed E-state index contributed by atoms with van der Waals surface area (Å²) in [4.78, 5) is 68.9. The van der Waals surface area contributed by atoms with Gasteiger partial charge in [0, 0.05) is 43.1 Å². The van der Waals surface area contributed by atoms with Crippen molar-refractivity contribution in [2.75, 3.05) is 27.2 Å². The Morgan fingerprint density at radius 3 is 2.14 bits per heavy atom. The highest BCUT2D eigenvalue weighted by molar-refractivity contribution is 7.15. The van der Waals surface area contributed by atoms with Crippen molar-refractivity contribution in [2.45, 2.75) is 92.2 Å². The van der Waals surface area contributed by atoms with Gasteiger partial charge in [0.25, 0.3) is 5.91 Å². The summed E-state index contributed by atoms with van der Waals surface area (Å²) in [5.74, 6) is 0.348. The number of aromatic nitrogens is 4. The summed E-state index contributed by atoms with van der Waals surface area (Å²) in [7, 11) is 3.35. The van der Waals surface area contributed by atoms with Gasteiger partial charge in [-0.25, -0.2) is 9.78 Å². The molecule has 5 heterocycles. The third-order valence-electron chi connectivity index (χ3n) is 12.6. The van der Waals surface area contributed by atoms with Crippen LogP contribution in [0.15, 0.2) is 83.3 Å². The summed E-state index contributed by atoms with van der Waals surface area (Å²) in [6.07, 6.45) is -1.60. The molecule has 6 aromatic rings. The van der Waals surface area contributed by atoms with Gasteiger partial charge in [-0.15, -0.1) is 32.9 Å². The zero-order valence-corrected chi connectivity index (χ0v) is 42.1. The molecule has 0 saturated carbocycles. The van der Waals surface area contributed by atoms with Crippen LogP contribution in [-0.4, -0.2) is 110 Å². The lowest BCUT2D eigenvalue weighted by atomic mass is 9.85. The number of carbonyl (C=O) groups excluding carboxylic acids is 4. The fourth-order valence-corrected chi connectivity index (χ4v) is 10.6. The van der Waals surface area contributed by atoms with E-state index in [4.69, 9.17) is 9.73 Å². The second kappa shape index (κ2) is 19.7. The van der Waals surface area contributed by atoms with Crippen molar-refractivity contribution in [2.24, 2.45) is 10.4 Å². The Hall–Kier alpha value is -6.76. The lowest BCUT2D eigenvalue weighted by Gasteiger charge is -2.35. The zero-order chi connectivity index (χ0) is 49.5. The van der Waals surface area contributed by atoms with Crippen LogP contribution in [-0.2, 0) is 14.4 Å². The van der Waals surface area contributed by atoms with E-state index in [2.05, 4.69) is 45.0 Å². The van der Waals surface area contributed by atoms with Gasteiger partial charge in [-0.2, -0.15) is 0 Å². The number of aliphatic hydroxyl groups is 1. The zero-order valence-electron chi connectivity index (χ0n) is 40.4. The number of hydrogen-bond donors (Lipinski definition) is 4. The number of aliphatic hydroxyl groups excluding tert-OH is 1. The Morgan fingerprint density at radius 2 is 1.52 bits per heavy atom. The molecule has 3 aromatic carbocycles. The second-order valence-corrected chi connectivity index (χ2v) is 21.0. The Labute approximate surface area is 409 Å². The number of likely N-dealkylation sites (tertiary alicyclic amines) is 1. The number of aliphatic imine (C=N–C) groups is 1. The van der Waals surface area contributed by atoms with Crippen molar-refractivity contribution in [3.8, 4) is 32.3 Å². The van der Waals surface area contributed by atoms with E-state index in [9.17, 15) is 24.3 Å². The first-order chi connectivity index (χ1) is 32.8. The fraction of sp³-hybridized carbons (Fsp3) is 0.373. The molecule has 2 aliphatic rings. The average molecular weight is 971 g/mol. The smallest absolute Gasteiger partial charge is 0.318 e. The molecule has 0 aliphatic carbocycles. The van der Waals surface area contributed by atoms with Crippen LogP contribution in [0, 0.1) is 33.1 Å². The fourth-order valence-electron chi connectivity index (χ4n) is 8.60. The maximum absolute atomic E-state index is 14.2. The highest BCUT2D eigenvalue weighted by Gasteiger charge is 2.45. The molecule has 0 radical (unpaired) electrons. The molecule has 8 rings (SSSR count). The predicted molar refractivity (Wildman–Crippen MR) is 268 cm³/mol. The molecule has 2 aliphatic heterocycles. The molecule has 5 atom stereocenters. The summed E-state index contributed by atoms with van der Waals surface area (Å²) in [5.41, 5.74) is 9.50. The topological polar surface area (TPSA) is 196 Å². The maximum atomic E-state index is 14.2. The molecule has 5 amide bonds. The van der Waals surface area contributed by atoms with Crippen LogP contribution in [0.5, 0.6) is 5.75 Å². The number of amides is 5. The largest absolute Gasteiger partial charge is 0.484 e. The Kier molecular flexibility index (Phi) is 13.9. The van der Waals surface area contributed by atoms with Crippen molar-refractivity contribution >= 4 is 52.1 Å². The number of fused-ring (bicyclic) bond motifs is 3. The summed E-state index contributed by atoms with van der Waals surface area (Å²) in [6, 6.07) is 20.8. The number of rotatable bonds is 12. The summed E-state index contributed by atoms with van der Waals surface area (Å²) in [5, 5.41) is 29.4. The monoisotopic (exact) mass is 970 g/mol. The molecule has 3 unspecified atom stereocenters. The molecule has 18 heteroatoms. The number of thiazole rings is 1. The third kappa shape index (κ3) is 10.2. The Bertz CT molecular complexity index is 2910. The second-order valence-electron chi connectivity index (χ2n) is 18.9. The van der Waals surface area contributed by atoms with E-state index >= 15 is 0 Å². The molecule has 360 valence electrons. The molecule has 0 spiro atoms. The number of β-amino-alcohol motifs (C(OH)–C–C–N with tert-alkyl or cyclic N) is 1. The minimum Gasteiger partial charge on any atom is -0.484 e. The highest BCUT2D eigenvalue weighted by atomic mass is 32.1. The first-order valence-electron chi connectivity index (χ1n) is 22.8. The van der Waals surface area contributed by atoms with Crippen LogP contribution in [0.2, 0.25) is 0 Å². The number of urea groups is 1. The van der Waals surface area contributed by atoms with E-state index in [0.717, 1.165) is 65.1 Å². The average Bonchev–Trinajstić information content (AvgIpc) is 4.09.